The highest BCUT2D eigenvalue weighted by molar-refractivity contribution is 8.26. The number of aryl methyl sites for hydroxylation is 3. The van der Waals surface area contributed by atoms with Crippen molar-refractivity contribution < 1.29 is 74.1 Å². The van der Waals surface area contributed by atoms with Crippen LogP contribution in [0.3, 0.4) is 0 Å². The molecule has 1 amide bonds. The van der Waals surface area contributed by atoms with Crippen LogP contribution in [0.25, 0.3) is 30.6 Å². The summed E-state index contributed by atoms with van der Waals surface area (Å²) < 4.78 is 117. The molecule has 94 heavy (non-hydrogen) atoms. The number of carboxylic acid groups (broad SMARTS) is 1. The van der Waals surface area contributed by atoms with Crippen molar-refractivity contribution in [2.45, 2.75) is 207 Å². The van der Waals surface area contributed by atoms with Crippen LogP contribution in [0.4, 0.5) is 26.3 Å². The number of halogens is 8. The number of carboxylic acids is 1. The number of methoxy groups -OCH3 is 1. The van der Waals surface area contributed by atoms with Crippen molar-refractivity contribution in [1.29, 1.82) is 0 Å². The second-order valence-corrected chi connectivity index (χ2v) is 31.0. The van der Waals surface area contributed by atoms with E-state index in [1.165, 1.54) is 53.0 Å². The van der Waals surface area contributed by atoms with E-state index >= 15 is 0 Å². The maximum atomic E-state index is 14.3. The number of carbonyl (C=O) groups excluding carboxylic acids is 2. The Kier molecular flexibility index (Phi) is 26.0. The van der Waals surface area contributed by atoms with Gasteiger partial charge in [-0.25, -0.2) is 43.7 Å². The van der Waals surface area contributed by atoms with E-state index in [1.54, 1.807) is 0 Å². The normalized spacial score (nSPS) is 23.5. The van der Waals surface area contributed by atoms with Gasteiger partial charge in [0.25, 0.3) is 5.91 Å². The molecule has 0 saturated heterocycles. The molecule has 0 aromatic carbocycles. The van der Waals surface area contributed by atoms with E-state index in [1.807, 2.05) is 0 Å². The molecule has 6 heterocycles. The fraction of sp³-hybridized carbons (Fsp3) is 0.661. The van der Waals surface area contributed by atoms with Gasteiger partial charge in [-0.1, -0.05) is 0 Å². The molecule has 0 radical (unpaired) electrons. The van der Waals surface area contributed by atoms with E-state index < -0.39 is 81.9 Å². The number of aliphatic hydroxyl groups excluding tert-OH is 1. The standard InChI is InChI=1S/C21H27F2N3O3S.C20H26F2N4O2S.C20H25F2N3O3S.CH4O.Cl2OS/c1-26(2)13-5-7-14(8-6-13)29-18-17-16-12(10-21(22,23)20(27)28-3)4-9-15(16)30-19(17)25-11-24-18;1-26(2)12-4-6-13(7-5-12)28-17-16-15-11(9-20(21,22)19(23)27)3-8-14(15)29-18(16)25-10-24-17;1-25(2)12-4-6-13(7-5-12)28-17-16-15-11(9-20(21,22)19(26)27)3-8-14(15)29-18(16)24-10-23-17;1-2;1-4(2)3/h11-14H,4-10H2,1-3H3;10-13H,3-9H2,1-2H3,(H2,23,27);10-13H,3-9H2,1-2H3,(H,26,27);2H,1H3;/t12-,13?,14?;2*11-,12?,13?;;/m111../s1. The molecular formula is C62H82Cl2F6N10O10S4. The van der Waals surface area contributed by atoms with E-state index in [-0.39, 0.29) is 18.3 Å². The highest BCUT2D eigenvalue weighted by Gasteiger charge is 2.47. The Morgan fingerprint density at radius 3 is 1.05 bits per heavy atom. The second-order valence-electron chi connectivity index (χ2n) is 25.2. The van der Waals surface area contributed by atoms with Crippen molar-refractivity contribution in [3.63, 3.8) is 0 Å². The molecule has 6 aromatic rings. The van der Waals surface area contributed by atoms with Gasteiger partial charge in [-0.2, -0.15) is 26.3 Å². The number of alkyl halides is 6. The largest absolute Gasteiger partial charge is 0.477 e. The monoisotopic (exact) mass is 1440 g/mol. The first-order valence-electron chi connectivity index (χ1n) is 31.3. The van der Waals surface area contributed by atoms with Crippen LogP contribution in [-0.2, 0) is 47.6 Å². The summed E-state index contributed by atoms with van der Waals surface area (Å²) in [6.45, 7) is 0. The van der Waals surface area contributed by atoms with E-state index in [9.17, 15) is 40.7 Å². The zero-order chi connectivity index (χ0) is 68.6. The Morgan fingerprint density at radius 1 is 0.521 bits per heavy atom. The maximum Gasteiger partial charge on any atom is 0.376 e. The van der Waals surface area contributed by atoms with Crippen LogP contribution in [0.2, 0.25) is 0 Å². The van der Waals surface area contributed by atoms with Crippen LogP contribution in [0, 0.1) is 0 Å². The molecule has 3 saturated carbocycles. The van der Waals surface area contributed by atoms with Crippen molar-refractivity contribution >= 4 is 113 Å². The van der Waals surface area contributed by atoms with Gasteiger partial charge in [0.15, 0.2) is 0 Å². The van der Waals surface area contributed by atoms with Gasteiger partial charge in [-0.05, 0) is 192 Å². The molecule has 32 heteroatoms. The first-order chi connectivity index (χ1) is 44.5. The van der Waals surface area contributed by atoms with Gasteiger partial charge < -0.3 is 49.6 Å². The van der Waals surface area contributed by atoms with E-state index in [0.717, 1.165) is 148 Å². The summed E-state index contributed by atoms with van der Waals surface area (Å²) in [7, 11) is 21.9. The number of hydrogen-bond acceptors (Lipinski definition) is 21. The van der Waals surface area contributed by atoms with Crippen LogP contribution in [0.5, 0.6) is 17.6 Å². The molecule has 520 valence electrons. The molecule has 6 aliphatic carbocycles. The predicted octanol–water partition coefficient (Wildman–Crippen LogP) is 12.4. The second kappa shape index (κ2) is 32.6. The minimum atomic E-state index is -3.75. The van der Waals surface area contributed by atoms with Gasteiger partial charge in [0.1, 0.15) is 51.8 Å². The number of hydrogen-bond donors (Lipinski definition) is 3. The van der Waals surface area contributed by atoms with Crippen LogP contribution >= 0.6 is 55.4 Å². The number of rotatable bonds is 18. The van der Waals surface area contributed by atoms with Crippen molar-refractivity contribution in [2.24, 2.45) is 5.73 Å². The number of fused-ring (bicyclic) bond motifs is 9. The van der Waals surface area contributed by atoms with Gasteiger partial charge in [-0.3, -0.25) is 4.79 Å². The van der Waals surface area contributed by atoms with Crippen LogP contribution in [-0.4, -0.2) is 188 Å². The molecule has 6 aliphatic rings. The number of primary amides is 1. The zero-order valence-corrected chi connectivity index (χ0v) is 58.5. The highest BCUT2D eigenvalue weighted by atomic mass is 36.0. The SMILES string of the molecule is CN(C)C1CCC(Oc2ncnc3sc4c(c23)[C@@H](CC(F)(F)C(=O)O)CC4)CC1.CN(C)C1CCC(Oc2ncnc3sc4c(c23)[C@@H](CC(F)(F)C(N)=O)CC4)CC1.CO.COC(=O)C(F)(F)C[C@H]1CCc2sc3ncnc(OC4CCC(N(C)C)CC4)c3c21.O=S(Cl)Cl. The van der Waals surface area contributed by atoms with Crippen molar-refractivity contribution in [1.82, 2.24) is 44.6 Å². The molecule has 4 N–H and O–H groups in total. The molecule has 0 bridgehead atoms. The molecule has 6 aromatic heterocycles. The minimum Gasteiger partial charge on any atom is -0.477 e. The van der Waals surface area contributed by atoms with E-state index in [2.05, 4.69) is 113 Å². The third-order valence-electron chi connectivity index (χ3n) is 18.7. The highest BCUT2D eigenvalue weighted by Crippen LogP contribution is 2.53. The van der Waals surface area contributed by atoms with Gasteiger partial charge in [-0.15, -0.1) is 34.0 Å². The van der Waals surface area contributed by atoms with Crippen LogP contribution < -0.4 is 19.9 Å². The quantitative estimate of drug-likeness (QED) is 0.0410. The summed E-state index contributed by atoms with van der Waals surface area (Å²) in [6.07, 6.45) is 18.3. The van der Waals surface area contributed by atoms with Gasteiger partial charge in [0, 0.05) is 80.5 Å². The summed E-state index contributed by atoms with van der Waals surface area (Å²) in [5, 5.41) is 18.0. The molecular weight excluding hydrogens is 1360 g/mol. The number of aromatic nitrogens is 6. The topological polar surface area (TPSA) is 259 Å². The Hall–Kier alpha value is -4.92. The first-order valence-corrected chi connectivity index (χ1v) is 36.5. The number of ether oxygens (including phenoxy) is 4. The van der Waals surface area contributed by atoms with E-state index in [0.29, 0.717) is 79.7 Å². The lowest BCUT2D eigenvalue weighted by atomic mass is 9.92. The number of nitrogens with two attached hydrogens (primary N) is 1. The summed E-state index contributed by atoms with van der Waals surface area (Å²) in [5.74, 6) is -15.9. The lowest BCUT2D eigenvalue weighted by Gasteiger charge is -2.32. The van der Waals surface area contributed by atoms with Gasteiger partial charge >= 0.3 is 29.7 Å². The Balaban J connectivity index is 0.000000173. The predicted molar refractivity (Wildman–Crippen MR) is 352 cm³/mol. The molecule has 3 fully saturated rings. The molecule has 0 unspecified atom stereocenters. The number of carbonyl (C=O) groups is 3. The van der Waals surface area contributed by atoms with E-state index in [4.69, 9.17) is 34.4 Å². The lowest BCUT2D eigenvalue weighted by Crippen LogP contribution is -2.36. The minimum absolute atomic E-state index is 0.0418. The Morgan fingerprint density at radius 2 is 0.798 bits per heavy atom. The molecule has 12 rings (SSSR count). The van der Waals surface area contributed by atoms with Crippen molar-refractivity contribution in [3.05, 3.63) is 50.3 Å². The number of aliphatic hydroxyl groups is 1. The lowest BCUT2D eigenvalue weighted by molar-refractivity contribution is -0.170. The first kappa shape index (κ1) is 74.9. The summed E-state index contributed by atoms with van der Waals surface area (Å²) >= 11 is 4.49. The maximum absolute atomic E-state index is 14.3. The zero-order valence-electron chi connectivity index (χ0n) is 53.7. The number of amides is 1. The van der Waals surface area contributed by atoms with Crippen LogP contribution in [0.15, 0.2) is 19.0 Å². The third-order valence-corrected chi connectivity index (χ3v) is 22.2. The number of thiophene rings is 3. The molecule has 20 nitrogen and oxygen atoms in total. The van der Waals surface area contributed by atoms with Crippen molar-refractivity contribution in [2.75, 3.05) is 56.5 Å². The Labute approximate surface area is 565 Å². The number of aliphatic carboxylic acids is 1. The van der Waals surface area contributed by atoms with Crippen molar-refractivity contribution in [3.8, 4) is 17.6 Å². The van der Waals surface area contributed by atoms with Gasteiger partial charge in [0.2, 0.25) is 26.9 Å². The molecule has 3 atom stereocenters. The average molecular weight is 1440 g/mol. The summed E-state index contributed by atoms with van der Waals surface area (Å²) in [6, 6.07) is 1.67. The van der Waals surface area contributed by atoms with Gasteiger partial charge in [0.05, 0.1) is 23.3 Å². The van der Waals surface area contributed by atoms with Crippen LogP contribution in [0.1, 0.15) is 165 Å². The summed E-state index contributed by atoms with van der Waals surface area (Å²) in [4.78, 5) is 71.7. The fourth-order valence-electron chi connectivity index (χ4n) is 13.9. The molecule has 0 spiro atoms. The smallest absolute Gasteiger partial charge is 0.376 e. The fourth-order valence-corrected chi connectivity index (χ4v) is 17.6. The Bertz CT molecular complexity index is 3430. The molecule has 0 aliphatic heterocycles. The number of esters is 1. The summed E-state index contributed by atoms with van der Waals surface area (Å²) in [5.41, 5.74) is 7.32. The average Bonchev–Trinajstić information content (AvgIpc) is 1.61. The number of nitrogens with zero attached hydrogens (tertiary/aromatic N) is 9. The third kappa shape index (κ3) is 18.0.